The number of ketones is 2. The van der Waals surface area contributed by atoms with Crippen LogP contribution in [0.3, 0.4) is 0 Å². The number of hydrogen-bond acceptors (Lipinski definition) is 3. The second-order valence-electron chi connectivity index (χ2n) is 2.59. The van der Waals surface area contributed by atoms with Gasteiger partial charge in [0, 0.05) is 0 Å². The van der Waals surface area contributed by atoms with Gasteiger partial charge in [0.1, 0.15) is 0 Å². The Morgan fingerprint density at radius 2 is 1.62 bits per heavy atom. The first kappa shape index (κ1) is 11.8. The number of carbonyl (C=O) groups excluding carboxylic acids is 2. The van der Waals surface area contributed by atoms with Gasteiger partial charge in [-0.3, -0.25) is 9.59 Å². The van der Waals surface area contributed by atoms with Crippen molar-refractivity contribution in [1.82, 2.24) is 0 Å². The van der Waals surface area contributed by atoms with Gasteiger partial charge in [0.25, 0.3) is 0 Å². The maximum Gasteiger partial charge on any atom is 0.225 e. The van der Waals surface area contributed by atoms with Crippen molar-refractivity contribution < 1.29 is 9.59 Å². The molecule has 0 aromatic rings. The molecule has 0 atom stereocenters. The third kappa shape index (κ3) is 5.99. The fraction of sp³-hybridized carbons (Fsp3) is 0.400. The highest BCUT2D eigenvalue weighted by molar-refractivity contribution is 6.46. The minimum Gasteiger partial charge on any atom is -0.330 e. The van der Waals surface area contributed by atoms with Gasteiger partial charge in [-0.05, 0) is 25.1 Å². The summed E-state index contributed by atoms with van der Waals surface area (Å²) in [5, 5.41) is 0. The molecule has 2 N–H and O–H groups in total. The van der Waals surface area contributed by atoms with Crippen LogP contribution in [-0.4, -0.2) is 18.1 Å². The summed E-state index contributed by atoms with van der Waals surface area (Å²) in [5.74, 6) is -0.875. The molecule has 3 nitrogen and oxygen atoms in total. The Balaban J connectivity index is 0.000000252. The Bertz CT molecular complexity index is 205. The second kappa shape index (κ2) is 7.43. The van der Waals surface area contributed by atoms with Crippen molar-refractivity contribution in [1.29, 1.82) is 0 Å². The van der Waals surface area contributed by atoms with Gasteiger partial charge >= 0.3 is 0 Å². The van der Waals surface area contributed by atoms with Gasteiger partial charge in [0.15, 0.2) is 0 Å². The van der Waals surface area contributed by atoms with Crippen LogP contribution in [0, 0.1) is 0 Å². The van der Waals surface area contributed by atoms with Gasteiger partial charge in [-0.25, -0.2) is 0 Å². The molecule has 0 fully saturated rings. The highest BCUT2D eigenvalue weighted by atomic mass is 16.2. The molecule has 1 rings (SSSR count). The van der Waals surface area contributed by atoms with Gasteiger partial charge in [0.05, 0.1) is 0 Å². The van der Waals surface area contributed by atoms with Crippen LogP contribution in [0.1, 0.15) is 19.8 Å². The summed E-state index contributed by atoms with van der Waals surface area (Å²) in [7, 11) is 0. The van der Waals surface area contributed by atoms with Crippen molar-refractivity contribution in [2.75, 3.05) is 6.54 Å². The van der Waals surface area contributed by atoms with E-state index >= 15 is 0 Å². The van der Waals surface area contributed by atoms with Crippen molar-refractivity contribution >= 4 is 11.6 Å². The smallest absolute Gasteiger partial charge is 0.225 e. The maximum absolute atomic E-state index is 10.3. The lowest BCUT2D eigenvalue weighted by molar-refractivity contribution is -0.131. The number of nitrogens with two attached hydrogens (primary N) is 1. The predicted octanol–water partition coefficient (Wildman–Crippen LogP) is 0.996. The van der Waals surface area contributed by atoms with E-state index in [-0.39, 0.29) is 0 Å². The van der Waals surface area contributed by atoms with Crippen LogP contribution in [-0.2, 0) is 9.59 Å². The lowest BCUT2D eigenvalue weighted by Gasteiger charge is -1.88. The zero-order valence-corrected chi connectivity index (χ0v) is 7.82. The van der Waals surface area contributed by atoms with Crippen molar-refractivity contribution in [3.63, 3.8) is 0 Å². The van der Waals surface area contributed by atoms with Crippen molar-refractivity contribution in [3.05, 3.63) is 24.3 Å². The van der Waals surface area contributed by atoms with Gasteiger partial charge in [-0.2, -0.15) is 0 Å². The van der Waals surface area contributed by atoms with Crippen LogP contribution in [0.25, 0.3) is 0 Å². The Morgan fingerprint density at radius 1 is 1.15 bits per heavy atom. The summed E-state index contributed by atoms with van der Waals surface area (Å²) >= 11 is 0. The summed E-state index contributed by atoms with van der Waals surface area (Å²) in [5.41, 5.74) is 5.14. The number of carbonyl (C=O) groups is 2. The normalized spacial score (nSPS) is 14.0. The minimum absolute atomic E-state index is 0.437. The number of hydrogen-bond donors (Lipinski definition) is 1. The molecule has 0 unspecified atom stereocenters. The van der Waals surface area contributed by atoms with Crippen molar-refractivity contribution in [2.24, 2.45) is 5.73 Å². The SMILES string of the molecule is CCCCN.O=C1C=CC=CC1=O. The molecule has 0 radical (unpaired) electrons. The Hall–Kier alpha value is -1.22. The first-order valence-electron chi connectivity index (χ1n) is 4.35. The van der Waals surface area contributed by atoms with E-state index in [0.29, 0.717) is 0 Å². The maximum atomic E-state index is 10.3. The Kier molecular flexibility index (Phi) is 6.73. The number of rotatable bonds is 2. The van der Waals surface area contributed by atoms with Crippen LogP contribution < -0.4 is 5.73 Å². The molecule has 0 amide bonds. The molecule has 0 heterocycles. The van der Waals surface area contributed by atoms with E-state index < -0.39 is 11.6 Å². The molecule has 0 aromatic carbocycles. The zero-order valence-electron chi connectivity index (χ0n) is 7.82. The first-order chi connectivity index (χ1) is 6.22. The summed E-state index contributed by atoms with van der Waals surface area (Å²) in [4.78, 5) is 20.6. The molecule has 72 valence electrons. The van der Waals surface area contributed by atoms with E-state index in [4.69, 9.17) is 5.73 Å². The van der Waals surface area contributed by atoms with E-state index in [1.54, 1.807) is 12.2 Å². The van der Waals surface area contributed by atoms with Gasteiger partial charge < -0.3 is 5.73 Å². The Morgan fingerprint density at radius 3 is 1.77 bits per heavy atom. The molecule has 1 aliphatic rings. The van der Waals surface area contributed by atoms with Crippen LogP contribution >= 0.6 is 0 Å². The number of allylic oxidation sites excluding steroid dienone is 4. The highest BCUT2D eigenvalue weighted by Crippen LogP contribution is 1.90. The van der Waals surface area contributed by atoms with E-state index in [2.05, 4.69) is 6.92 Å². The fourth-order valence-electron chi connectivity index (χ4n) is 0.654. The molecule has 0 spiro atoms. The molecule has 1 aliphatic carbocycles. The lowest BCUT2D eigenvalue weighted by Crippen LogP contribution is -2.08. The monoisotopic (exact) mass is 181 g/mol. The molecule has 3 heteroatoms. The molecule has 0 saturated carbocycles. The van der Waals surface area contributed by atoms with Crippen LogP contribution in [0.4, 0.5) is 0 Å². The summed E-state index contributed by atoms with van der Waals surface area (Å²) < 4.78 is 0. The Labute approximate surface area is 78.3 Å². The fourth-order valence-corrected chi connectivity index (χ4v) is 0.654. The summed E-state index contributed by atoms with van der Waals surface area (Å²) in [6, 6.07) is 0. The second-order valence-corrected chi connectivity index (χ2v) is 2.59. The summed E-state index contributed by atoms with van der Waals surface area (Å²) in [6.07, 6.45) is 7.98. The van der Waals surface area contributed by atoms with Gasteiger partial charge in [-0.1, -0.05) is 25.5 Å². The third-order valence-electron chi connectivity index (χ3n) is 1.41. The van der Waals surface area contributed by atoms with Crippen LogP contribution in [0.5, 0.6) is 0 Å². The van der Waals surface area contributed by atoms with Gasteiger partial charge in [-0.15, -0.1) is 0 Å². The van der Waals surface area contributed by atoms with E-state index in [1.807, 2.05) is 0 Å². The van der Waals surface area contributed by atoms with E-state index in [9.17, 15) is 9.59 Å². The number of unbranched alkanes of at least 4 members (excludes halogenated alkanes) is 1. The molecular weight excluding hydrogens is 166 g/mol. The molecule has 0 aliphatic heterocycles. The highest BCUT2D eigenvalue weighted by Gasteiger charge is 2.06. The standard InChI is InChI=1S/C6H4O2.C4H11N/c7-5-3-1-2-4-6(5)8;1-2-3-4-5/h1-4H;2-5H2,1H3. The molecule has 0 aromatic heterocycles. The predicted molar refractivity (Wildman–Crippen MR) is 52.3 cm³/mol. The molecule has 0 saturated heterocycles. The molecule has 0 bridgehead atoms. The van der Waals surface area contributed by atoms with Crippen LogP contribution in [0.15, 0.2) is 24.3 Å². The zero-order chi connectivity index (χ0) is 10.1. The average molecular weight is 181 g/mol. The lowest BCUT2D eigenvalue weighted by atomic mass is 10.1. The van der Waals surface area contributed by atoms with E-state index in [1.165, 1.54) is 25.0 Å². The largest absolute Gasteiger partial charge is 0.330 e. The molecular formula is C10H15NO2. The third-order valence-corrected chi connectivity index (χ3v) is 1.41. The van der Waals surface area contributed by atoms with Gasteiger partial charge in [0.2, 0.25) is 11.6 Å². The first-order valence-corrected chi connectivity index (χ1v) is 4.35. The minimum atomic E-state index is -0.437. The topological polar surface area (TPSA) is 60.2 Å². The molecule has 13 heavy (non-hydrogen) atoms. The van der Waals surface area contributed by atoms with Crippen LogP contribution in [0.2, 0.25) is 0 Å². The average Bonchev–Trinajstić information content (AvgIpc) is 2.13. The van der Waals surface area contributed by atoms with E-state index in [0.717, 1.165) is 6.54 Å². The van der Waals surface area contributed by atoms with Crippen molar-refractivity contribution in [3.8, 4) is 0 Å². The summed E-state index contributed by atoms with van der Waals surface area (Å²) in [6.45, 7) is 2.98. The quantitative estimate of drug-likeness (QED) is 0.510. The van der Waals surface area contributed by atoms with Crippen molar-refractivity contribution in [2.45, 2.75) is 19.8 Å².